The molecule has 2 aromatic rings. The zero-order valence-corrected chi connectivity index (χ0v) is 15.5. The lowest BCUT2D eigenvalue weighted by Gasteiger charge is -2.26. The molecule has 2 aromatic carbocycles. The van der Waals surface area contributed by atoms with E-state index in [1.165, 1.54) is 6.07 Å². The van der Waals surface area contributed by atoms with Gasteiger partial charge in [-0.25, -0.2) is 4.79 Å². The highest BCUT2D eigenvalue weighted by Gasteiger charge is 2.37. The second-order valence-electron chi connectivity index (χ2n) is 7.12. The molecule has 2 aliphatic rings. The Morgan fingerprint density at radius 1 is 1.21 bits per heavy atom. The number of nitrogens with one attached hydrogen (secondary N) is 1. The summed E-state index contributed by atoms with van der Waals surface area (Å²) in [4.78, 5) is 17.5. The van der Waals surface area contributed by atoms with Crippen LogP contribution in [-0.4, -0.2) is 45.9 Å². The Morgan fingerprint density at radius 2 is 1.97 bits per heavy atom. The van der Waals surface area contributed by atoms with Gasteiger partial charge in [0, 0.05) is 18.7 Å². The SMILES string of the molecule is N=C(N)N1Cc2ccc(/C(N)=N/[C@H]3Cc4cccc(C(=O)O)c4OB3O)cc2C1. The summed E-state index contributed by atoms with van der Waals surface area (Å²) in [7, 11) is -1.30. The maximum atomic E-state index is 11.3. The molecule has 0 saturated carbocycles. The Hall–Kier alpha value is -3.53. The highest BCUT2D eigenvalue weighted by atomic mass is 16.5. The number of benzene rings is 2. The van der Waals surface area contributed by atoms with E-state index in [-0.39, 0.29) is 23.1 Å². The summed E-state index contributed by atoms with van der Waals surface area (Å²) in [5.74, 6) is -1.34. The van der Waals surface area contributed by atoms with Gasteiger partial charge in [0.1, 0.15) is 17.5 Å². The van der Waals surface area contributed by atoms with Gasteiger partial charge in [0.15, 0.2) is 5.96 Å². The van der Waals surface area contributed by atoms with Crippen molar-refractivity contribution in [2.75, 3.05) is 0 Å². The number of rotatable bonds is 3. The summed E-state index contributed by atoms with van der Waals surface area (Å²) >= 11 is 0. The molecule has 9 nitrogen and oxygen atoms in total. The number of carboxylic acids is 1. The number of para-hydroxylation sites is 1. The van der Waals surface area contributed by atoms with Crippen molar-refractivity contribution in [3.8, 4) is 5.75 Å². The second kappa shape index (κ2) is 7.14. The smallest absolute Gasteiger partial charge is 0.534 e. The van der Waals surface area contributed by atoms with Crippen LogP contribution < -0.4 is 16.1 Å². The Kier molecular flexibility index (Phi) is 4.63. The molecule has 0 spiro atoms. The minimum Gasteiger partial charge on any atom is -0.534 e. The van der Waals surface area contributed by atoms with Crippen molar-refractivity contribution in [3.05, 3.63) is 64.2 Å². The van der Waals surface area contributed by atoms with E-state index in [1.54, 1.807) is 17.0 Å². The van der Waals surface area contributed by atoms with E-state index in [4.69, 9.17) is 21.5 Å². The van der Waals surface area contributed by atoms with Gasteiger partial charge in [-0.15, -0.1) is 0 Å². The maximum absolute atomic E-state index is 11.3. The van der Waals surface area contributed by atoms with Crippen LogP contribution in [0.5, 0.6) is 5.75 Å². The molecule has 0 amide bonds. The number of amidine groups is 1. The molecule has 4 rings (SSSR count). The Morgan fingerprint density at radius 3 is 2.69 bits per heavy atom. The number of hydrogen-bond donors (Lipinski definition) is 5. The molecule has 148 valence electrons. The minimum atomic E-state index is -1.30. The molecule has 7 N–H and O–H groups in total. The summed E-state index contributed by atoms with van der Waals surface area (Å²) in [6.07, 6.45) is 0.307. The number of aromatic carboxylic acids is 1. The lowest BCUT2D eigenvalue weighted by Crippen LogP contribution is -2.42. The summed E-state index contributed by atoms with van der Waals surface area (Å²) in [5.41, 5.74) is 15.2. The predicted octanol–water partition coefficient (Wildman–Crippen LogP) is 0.323. The summed E-state index contributed by atoms with van der Waals surface area (Å²) in [5, 5.41) is 27.2. The number of carbonyl (C=O) groups is 1. The van der Waals surface area contributed by atoms with Gasteiger partial charge in [-0.3, -0.25) is 10.4 Å². The lowest BCUT2D eigenvalue weighted by atomic mass is 9.72. The van der Waals surface area contributed by atoms with Crippen molar-refractivity contribution >= 4 is 24.9 Å². The van der Waals surface area contributed by atoms with E-state index in [1.807, 2.05) is 18.2 Å². The van der Waals surface area contributed by atoms with Crippen LogP contribution in [0.15, 0.2) is 41.4 Å². The van der Waals surface area contributed by atoms with E-state index in [2.05, 4.69) is 4.99 Å². The Labute approximate surface area is 167 Å². The van der Waals surface area contributed by atoms with Gasteiger partial charge in [0.25, 0.3) is 0 Å². The fourth-order valence-corrected chi connectivity index (χ4v) is 3.67. The third-order valence-electron chi connectivity index (χ3n) is 5.19. The number of nitrogens with two attached hydrogens (primary N) is 2. The maximum Gasteiger partial charge on any atom is 0.549 e. The van der Waals surface area contributed by atoms with Gasteiger partial charge in [0.2, 0.25) is 0 Å². The summed E-state index contributed by atoms with van der Waals surface area (Å²) < 4.78 is 5.46. The van der Waals surface area contributed by atoms with Crippen LogP contribution in [0.1, 0.15) is 32.6 Å². The molecular formula is C19H20BN5O4. The lowest BCUT2D eigenvalue weighted by molar-refractivity contribution is 0.0694. The minimum absolute atomic E-state index is 0.00518. The molecule has 0 radical (unpaired) electrons. The molecule has 0 saturated heterocycles. The molecule has 0 fully saturated rings. The van der Waals surface area contributed by atoms with Gasteiger partial charge < -0.3 is 31.2 Å². The standard InChI is InChI=1S/C19H20BN5O4/c21-17(11-4-5-12-8-25(19(22)23)9-13(12)6-11)24-15-7-10-2-1-3-14(18(26)27)16(10)29-20(15)28/h1-6,15,28H,7-9H2,(H2,21,24)(H3,22,23)(H,26,27)/t15-/m0/s1. The van der Waals surface area contributed by atoms with Gasteiger partial charge in [-0.05, 0) is 35.2 Å². The first-order valence-electron chi connectivity index (χ1n) is 9.08. The zero-order chi connectivity index (χ0) is 20.7. The highest BCUT2D eigenvalue weighted by molar-refractivity contribution is 6.47. The van der Waals surface area contributed by atoms with Crippen LogP contribution in [-0.2, 0) is 19.5 Å². The van der Waals surface area contributed by atoms with Crippen molar-refractivity contribution in [2.45, 2.75) is 25.5 Å². The molecule has 29 heavy (non-hydrogen) atoms. The number of nitrogens with zero attached hydrogens (tertiary/aromatic N) is 2. The first kappa shape index (κ1) is 18.8. The molecule has 2 heterocycles. The normalized spacial score (nSPS) is 18.1. The van der Waals surface area contributed by atoms with Crippen LogP contribution in [0.3, 0.4) is 0 Å². The van der Waals surface area contributed by atoms with E-state index in [0.29, 0.717) is 30.6 Å². The molecular weight excluding hydrogens is 373 g/mol. The van der Waals surface area contributed by atoms with E-state index in [9.17, 15) is 14.9 Å². The monoisotopic (exact) mass is 393 g/mol. The van der Waals surface area contributed by atoms with Crippen LogP contribution in [0.25, 0.3) is 0 Å². The van der Waals surface area contributed by atoms with E-state index < -0.39 is 19.0 Å². The molecule has 10 heteroatoms. The van der Waals surface area contributed by atoms with Crippen molar-refractivity contribution in [1.82, 2.24) is 4.90 Å². The molecule has 2 aliphatic heterocycles. The third kappa shape index (κ3) is 3.50. The quantitative estimate of drug-likeness (QED) is 0.285. The second-order valence-corrected chi connectivity index (χ2v) is 7.12. The van der Waals surface area contributed by atoms with E-state index >= 15 is 0 Å². The Balaban J connectivity index is 1.58. The van der Waals surface area contributed by atoms with Crippen LogP contribution in [0.2, 0.25) is 0 Å². The summed E-state index contributed by atoms with van der Waals surface area (Å²) in [6, 6.07) is 10.5. The summed E-state index contributed by atoms with van der Waals surface area (Å²) in [6.45, 7) is 1.12. The van der Waals surface area contributed by atoms with Gasteiger partial charge >= 0.3 is 13.1 Å². The van der Waals surface area contributed by atoms with Crippen LogP contribution in [0, 0.1) is 5.41 Å². The molecule has 0 bridgehead atoms. The van der Waals surface area contributed by atoms with Crippen molar-refractivity contribution < 1.29 is 19.6 Å². The van der Waals surface area contributed by atoms with Crippen molar-refractivity contribution in [1.29, 1.82) is 5.41 Å². The van der Waals surface area contributed by atoms with Crippen LogP contribution in [0.4, 0.5) is 0 Å². The average Bonchev–Trinajstić information content (AvgIpc) is 3.11. The topological polar surface area (TPSA) is 158 Å². The fraction of sp³-hybridized carbons (Fsp3) is 0.211. The number of hydrogen-bond acceptors (Lipinski definition) is 5. The molecule has 0 aromatic heterocycles. The van der Waals surface area contributed by atoms with Gasteiger partial charge in [-0.2, -0.15) is 0 Å². The van der Waals surface area contributed by atoms with Crippen molar-refractivity contribution in [3.63, 3.8) is 0 Å². The average molecular weight is 393 g/mol. The van der Waals surface area contributed by atoms with Crippen molar-refractivity contribution in [2.24, 2.45) is 16.5 Å². The largest absolute Gasteiger partial charge is 0.549 e. The van der Waals surface area contributed by atoms with Crippen LogP contribution >= 0.6 is 0 Å². The highest BCUT2D eigenvalue weighted by Crippen LogP contribution is 2.31. The number of carboxylic acid groups (broad SMARTS) is 1. The van der Waals surface area contributed by atoms with Gasteiger partial charge in [0.05, 0.1) is 5.56 Å². The number of fused-ring (bicyclic) bond motifs is 2. The fourth-order valence-electron chi connectivity index (χ4n) is 3.67. The number of guanidine groups is 1. The number of aliphatic imine (C=N–C) groups is 1. The molecule has 1 atom stereocenters. The first-order chi connectivity index (χ1) is 13.8. The Bertz CT molecular complexity index is 1040. The predicted molar refractivity (Wildman–Crippen MR) is 108 cm³/mol. The third-order valence-corrected chi connectivity index (χ3v) is 5.19. The molecule has 0 aliphatic carbocycles. The molecule has 0 unspecified atom stereocenters. The van der Waals surface area contributed by atoms with E-state index in [0.717, 1.165) is 11.1 Å². The first-order valence-corrected chi connectivity index (χ1v) is 9.08. The zero-order valence-electron chi connectivity index (χ0n) is 15.5. The van der Waals surface area contributed by atoms with Gasteiger partial charge in [-0.1, -0.05) is 24.3 Å².